The van der Waals surface area contributed by atoms with E-state index < -0.39 is 5.82 Å². The van der Waals surface area contributed by atoms with Crippen LogP contribution in [0.25, 0.3) is 0 Å². The zero-order valence-electron chi connectivity index (χ0n) is 9.45. The van der Waals surface area contributed by atoms with E-state index >= 15 is 0 Å². The third-order valence-electron chi connectivity index (χ3n) is 2.50. The van der Waals surface area contributed by atoms with Crippen LogP contribution in [0.15, 0.2) is 34.7 Å². The lowest BCUT2D eigenvalue weighted by atomic mass is 10.1. The summed E-state index contributed by atoms with van der Waals surface area (Å²) in [5.41, 5.74) is 5.82. The minimum Gasteiger partial charge on any atom is -0.457 e. The first-order chi connectivity index (χ1) is 8.60. The Morgan fingerprint density at radius 2 is 2.11 bits per heavy atom. The summed E-state index contributed by atoms with van der Waals surface area (Å²) in [4.78, 5) is 11.9. The van der Waals surface area contributed by atoms with Gasteiger partial charge in [0.25, 0.3) is 0 Å². The Bertz CT molecular complexity index is 580. The first-order valence-corrected chi connectivity index (χ1v) is 5.74. The molecule has 0 amide bonds. The Balaban J connectivity index is 2.18. The van der Waals surface area contributed by atoms with Crippen molar-refractivity contribution in [3.63, 3.8) is 0 Å². The van der Waals surface area contributed by atoms with Crippen LogP contribution < -0.4 is 5.73 Å². The van der Waals surface area contributed by atoms with Crippen molar-refractivity contribution in [2.24, 2.45) is 5.73 Å². The highest BCUT2D eigenvalue weighted by molar-refractivity contribution is 6.31. The number of carbonyl (C=O) groups excluding carboxylic acids is 1. The fraction of sp³-hybridized carbons (Fsp3) is 0.154. The van der Waals surface area contributed by atoms with Gasteiger partial charge in [-0.2, -0.15) is 0 Å². The molecule has 2 aromatic rings. The molecule has 0 aliphatic heterocycles. The van der Waals surface area contributed by atoms with Gasteiger partial charge in [0.15, 0.2) is 5.76 Å². The SMILES string of the molecule is NCc1ccc(C(=O)Cc2cc(F)ccc2Cl)o1. The van der Waals surface area contributed by atoms with Crippen molar-refractivity contribution in [2.75, 3.05) is 0 Å². The molecule has 0 atom stereocenters. The highest BCUT2D eigenvalue weighted by Crippen LogP contribution is 2.19. The lowest BCUT2D eigenvalue weighted by Crippen LogP contribution is -2.03. The van der Waals surface area contributed by atoms with E-state index in [0.717, 1.165) is 0 Å². The number of nitrogens with two attached hydrogens (primary N) is 1. The summed E-state index contributed by atoms with van der Waals surface area (Å²) >= 11 is 5.89. The Morgan fingerprint density at radius 1 is 1.33 bits per heavy atom. The molecule has 1 heterocycles. The second-order valence-electron chi connectivity index (χ2n) is 3.81. The number of Topliss-reactive ketones (excluding diaryl/α,β-unsaturated/α-hetero) is 1. The monoisotopic (exact) mass is 267 g/mol. The van der Waals surface area contributed by atoms with Crippen LogP contribution in [0.5, 0.6) is 0 Å². The Labute approximate surface area is 108 Å². The molecule has 0 radical (unpaired) electrons. The summed E-state index contributed by atoms with van der Waals surface area (Å²) in [6, 6.07) is 7.11. The zero-order chi connectivity index (χ0) is 13.1. The summed E-state index contributed by atoms with van der Waals surface area (Å²) in [5, 5.41) is 0.357. The Morgan fingerprint density at radius 3 is 2.78 bits per heavy atom. The van der Waals surface area contributed by atoms with Crippen molar-refractivity contribution in [1.29, 1.82) is 0 Å². The van der Waals surface area contributed by atoms with E-state index in [2.05, 4.69) is 0 Å². The molecule has 0 saturated carbocycles. The second-order valence-corrected chi connectivity index (χ2v) is 4.21. The van der Waals surface area contributed by atoms with E-state index in [-0.39, 0.29) is 24.5 Å². The molecule has 2 rings (SSSR count). The molecule has 0 aliphatic rings. The molecule has 0 fully saturated rings. The molecular formula is C13H11ClFNO2. The number of hydrogen-bond donors (Lipinski definition) is 1. The summed E-state index contributed by atoms with van der Waals surface area (Å²) in [5.74, 6) is 0.0472. The largest absolute Gasteiger partial charge is 0.457 e. The van der Waals surface area contributed by atoms with Crippen LogP contribution in [0.1, 0.15) is 21.9 Å². The van der Waals surface area contributed by atoms with Gasteiger partial charge in [-0.3, -0.25) is 4.79 Å². The van der Waals surface area contributed by atoms with Gasteiger partial charge in [-0.05, 0) is 35.9 Å². The topological polar surface area (TPSA) is 56.2 Å². The van der Waals surface area contributed by atoms with Crippen LogP contribution in [-0.4, -0.2) is 5.78 Å². The van der Waals surface area contributed by atoms with E-state index in [9.17, 15) is 9.18 Å². The number of furan rings is 1. The van der Waals surface area contributed by atoms with E-state index in [1.54, 1.807) is 12.1 Å². The predicted octanol–water partition coefficient (Wildman–Crippen LogP) is 2.96. The number of rotatable bonds is 4. The first kappa shape index (κ1) is 12.8. The first-order valence-electron chi connectivity index (χ1n) is 5.36. The molecule has 0 spiro atoms. The lowest BCUT2D eigenvalue weighted by Gasteiger charge is -2.02. The van der Waals surface area contributed by atoms with Crippen LogP contribution in [0.2, 0.25) is 5.02 Å². The van der Waals surface area contributed by atoms with Crippen LogP contribution in [0, 0.1) is 5.82 Å². The standard InChI is InChI=1S/C13H11ClFNO2/c14-11-3-1-9(15)5-8(11)6-12(17)13-4-2-10(7-16)18-13/h1-5H,6-7,16H2. The van der Waals surface area contributed by atoms with Crippen LogP contribution in [0.4, 0.5) is 4.39 Å². The molecule has 0 unspecified atom stereocenters. The molecule has 0 saturated heterocycles. The van der Waals surface area contributed by atoms with Crippen molar-refractivity contribution in [3.05, 3.63) is 58.3 Å². The summed E-state index contributed by atoms with van der Waals surface area (Å²) < 4.78 is 18.3. The van der Waals surface area contributed by atoms with Crippen LogP contribution in [-0.2, 0) is 13.0 Å². The minimum absolute atomic E-state index is 0.00584. The number of halogens is 2. The molecule has 0 bridgehead atoms. The molecule has 94 valence electrons. The Hall–Kier alpha value is -1.65. The number of hydrogen-bond acceptors (Lipinski definition) is 3. The average molecular weight is 268 g/mol. The summed E-state index contributed by atoms with van der Waals surface area (Å²) in [6.45, 7) is 0.230. The van der Waals surface area contributed by atoms with E-state index in [4.69, 9.17) is 21.8 Å². The van der Waals surface area contributed by atoms with Gasteiger partial charge in [-0.25, -0.2) is 4.39 Å². The van der Waals surface area contributed by atoms with Gasteiger partial charge < -0.3 is 10.2 Å². The molecule has 1 aromatic heterocycles. The second kappa shape index (κ2) is 5.33. The van der Waals surface area contributed by atoms with Crippen molar-refractivity contribution >= 4 is 17.4 Å². The molecule has 5 heteroatoms. The van der Waals surface area contributed by atoms with Gasteiger partial charge in [0, 0.05) is 11.4 Å². The van der Waals surface area contributed by atoms with Crippen molar-refractivity contribution in [3.8, 4) is 0 Å². The third-order valence-corrected chi connectivity index (χ3v) is 2.87. The summed E-state index contributed by atoms with van der Waals surface area (Å²) in [7, 11) is 0. The maximum Gasteiger partial charge on any atom is 0.202 e. The van der Waals surface area contributed by atoms with Crippen molar-refractivity contribution in [1.82, 2.24) is 0 Å². The van der Waals surface area contributed by atoms with Gasteiger partial charge in [-0.15, -0.1) is 0 Å². The van der Waals surface area contributed by atoms with Gasteiger partial charge in [0.05, 0.1) is 6.54 Å². The minimum atomic E-state index is -0.427. The summed E-state index contributed by atoms with van der Waals surface area (Å²) in [6.07, 6.45) is -0.00584. The van der Waals surface area contributed by atoms with Gasteiger partial charge in [0.1, 0.15) is 11.6 Å². The highest BCUT2D eigenvalue weighted by atomic mass is 35.5. The normalized spacial score (nSPS) is 10.6. The number of benzene rings is 1. The van der Waals surface area contributed by atoms with Crippen LogP contribution in [0.3, 0.4) is 0 Å². The average Bonchev–Trinajstić information content (AvgIpc) is 2.82. The number of carbonyl (C=O) groups is 1. The molecule has 1 aromatic carbocycles. The Kier molecular flexibility index (Phi) is 3.79. The number of ketones is 1. The zero-order valence-corrected chi connectivity index (χ0v) is 10.2. The van der Waals surface area contributed by atoms with Crippen LogP contribution >= 0.6 is 11.6 Å². The molecule has 3 nitrogen and oxygen atoms in total. The predicted molar refractivity (Wildman–Crippen MR) is 66.0 cm³/mol. The van der Waals surface area contributed by atoms with E-state index in [0.29, 0.717) is 16.3 Å². The molecule has 0 aliphatic carbocycles. The maximum absolute atomic E-state index is 13.0. The fourth-order valence-corrected chi connectivity index (χ4v) is 1.76. The maximum atomic E-state index is 13.0. The molecule has 2 N–H and O–H groups in total. The van der Waals surface area contributed by atoms with Gasteiger partial charge >= 0.3 is 0 Å². The van der Waals surface area contributed by atoms with Crippen molar-refractivity contribution < 1.29 is 13.6 Å². The molecular weight excluding hydrogens is 257 g/mol. The molecule has 18 heavy (non-hydrogen) atoms. The fourth-order valence-electron chi connectivity index (χ4n) is 1.58. The van der Waals surface area contributed by atoms with E-state index in [1.165, 1.54) is 18.2 Å². The lowest BCUT2D eigenvalue weighted by molar-refractivity contribution is 0.0964. The smallest absolute Gasteiger partial charge is 0.202 e. The third kappa shape index (κ3) is 2.78. The van der Waals surface area contributed by atoms with E-state index in [1.807, 2.05) is 0 Å². The highest BCUT2D eigenvalue weighted by Gasteiger charge is 2.14. The van der Waals surface area contributed by atoms with Gasteiger partial charge in [-0.1, -0.05) is 11.6 Å². The van der Waals surface area contributed by atoms with Crippen molar-refractivity contribution in [2.45, 2.75) is 13.0 Å². The quantitative estimate of drug-likeness (QED) is 0.867. The van der Waals surface area contributed by atoms with Gasteiger partial charge in [0.2, 0.25) is 5.78 Å².